The number of rotatable bonds is 8. The molecule has 0 aromatic heterocycles. The van der Waals surface area contributed by atoms with Gasteiger partial charge in [-0.2, -0.15) is 0 Å². The van der Waals surface area contributed by atoms with Crippen molar-refractivity contribution in [2.24, 2.45) is 23.5 Å². The van der Waals surface area contributed by atoms with Gasteiger partial charge in [0.1, 0.15) is 0 Å². The normalized spacial score (nSPS) is 27.8. The highest BCUT2D eigenvalue weighted by atomic mass is 15.2. The number of nitrogens with two attached hydrogens (primary N) is 1. The molecule has 3 atom stereocenters. The number of likely N-dealkylation sites (N-methyl/N-ethyl adjacent to an activating group) is 1. The summed E-state index contributed by atoms with van der Waals surface area (Å²) in [5.41, 5.74) is 6.07. The topological polar surface area (TPSA) is 32.5 Å². The van der Waals surface area contributed by atoms with E-state index in [0.29, 0.717) is 12.0 Å². The summed E-state index contributed by atoms with van der Waals surface area (Å²) >= 11 is 0. The van der Waals surface area contributed by atoms with Crippen molar-refractivity contribution >= 4 is 0 Å². The zero-order valence-corrected chi connectivity index (χ0v) is 14.4. The van der Waals surface area contributed by atoms with E-state index >= 15 is 0 Å². The largest absolute Gasteiger partial charge is 0.330 e. The molecule has 0 aromatic carbocycles. The van der Waals surface area contributed by atoms with Crippen LogP contribution in [0.5, 0.6) is 0 Å². The van der Waals surface area contributed by atoms with Gasteiger partial charge >= 0.3 is 0 Å². The molecule has 3 heteroatoms. The Hall–Kier alpha value is -0.120. The standard InChI is InChI=1S/C17H37N3/c1-6-15-7-8-16(12-18)17(11-15)20(13-14(2)3)10-9-19(4)5/h14-17H,6-13,18H2,1-5H3. The van der Waals surface area contributed by atoms with E-state index in [9.17, 15) is 0 Å². The van der Waals surface area contributed by atoms with E-state index in [1.807, 2.05) is 0 Å². The van der Waals surface area contributed by atoms with E-state index in [4.69, 9.17) is 5.73 Å². The fourth-order valence-electron chi connectivity index (χ4n) is 3.58. The number of hydrogen-bond acceptors (Lipinski definition) is 3. The maximum absolute atomic E-state index is 6.07. The third kappa shape index (κ3) is 5.71. The van der Waals surface area contributed by atoms with Crippen molar-refractivity contribution < 1.29 is 0 Å². The average molecular weight is 284 g/mol. The van der Waals surface area contributed by atoms with Crippen molar-refractivity contribution in [1.29, 1.82) is 0 Å². The molecule has 1 fully saturated rings. The quantitative estimate of drug-likeness (QED) is 0.743. The molecule has 0 aromatic rings. The van der Waals surface area contributed by atoms with Crippen molar-refractivity contribution in [2.45, 2.75) is 52.5 Å². The van der Waals surface area contributed by atoms with Gasteiger partial charge in [-0.15, -0.1) is 0 Å². The van der Waals surface area contributed by atoms with Crippen LogP contribution in [0.25, 0.3) is 0 Å². The minimum absolute atomic E-state index is 0.707. The van der Waals surface area contributed by atoms with Crippen molar-refractivity contribution in [3.8, 4) is 0 Å². The Morgan fingerprint density at radius 3 is 2.35 bits per heavy atom. The summed E-state index contributed by atoms with van der Waals surface area (Å²) in [6, 6.07) is 0.709. The molecular formula is C17H37N3. The van der Waals surface area contributed by atoms with Crippen LogP contribution in [0.4, 0.5) is 0 Å². The predicted molar refractivity (Wildman–Crippen MR) is 88.9 cm³/mol. The lowest BCUT2D eigenvalue weighted by Gasteiger charge is -2.43. The SMILES string of the molecule is CCC1CCC(CN)C(N(CCN(C)C)CC(C)C)C1. The Bertz CT molecular complexity index is 253. The third-order valence-electron chi connectivity index (χ3n) is 4.85. The molecule has 0 saturated heterocycles. The van der Waals surface area contributed by atoms with Crippen molar-refractivity contribution in [1.82, 2.24) is 9.80 Å². The van der Waals surface area contributed by atoms with E-state index < -0.39 is 0 Å². The molecule has 20 heavy (non-hydrogen) atoms. The smallest absolute Gasteiger partial charge is 0.0139 e. The van der Waals surface area contributed by atoms with Gasteiger partial charge in [-0.1, -0.05) is 33.6 Å². The van der Waals surface area contributed by atoms with Crippen LogP contribution in [0.3, 0.4) is 0 Å². The van der Waals surface area contributed by atoms with Crippen LogP contribution in [0, 0.1) is 17.8 Å². The minimum Gasteiger partial charge on any atom is -0.330 e. The summed E-state index contributed by atoms with van der Waals surface area (Å²) in [6.45, 7) is 11.4. The average Bonchev–Trinajstić information content (AvgIpc) is 2.42. The molecule has 0 radical (unpaired) electrons. The molecule has 0 heterocycles. The zero-order valence-electron chi connectivity index (χ0n) is 14.4. The molecule has 3 unspecified atom stereocenters. The lowest BCUT2D eigenvalue weighted by atomic mass is 9.76. The Balaban J connectivity index is 2.71. The molecule has 0 amide bonds. The number of hydrogen-bond donors (Lipinski definition) is 1. The van der Waals surface area contributed by atoms with Gasteiger partial charge in [0.05, 0.1) is 0 Å². The second kappa shape index (κ2) is 9.01. The molecule has 2 N–H and O–H groups in total. The third-order valence-corrected chi connectivity index (χ3v) is 4.85. The fourth-order valence-corrected chi connectivity index (χ4v) is 3.58. The summed E-state index contributed by atoms with van der Waals surface area (Å²) in [5, 5.41) is 0. The Morgan fingerprint density at radius 1 is 1.15 bits per heavy atom. The Labute approximate surface area is 126 Å². The first-order chi connectivity index (χ1) is 9.47. The summed E-state index contributed by atoms with van der Waals surface area (Å²) in [7, 11) is 4.34. The number of nitrogens with zero attached hydrogens (tertiary/aromatic N) is 2. The summed E-state index contributed by atoms with van der Waals surface area (Å²) in [5.74, 6) is 2.35. The van der Waals surface area contributed by atoms with Gasteiger partial charge in [0.15, 0.2) is 0 Å². The van der Waals surface area contributed by atoms with Crippen LogP contribution in [0.15, 0.2) is 0 Å². The van der Waals surface area contributed by atoms with Crippen molar-refractivity contribution in [3.63, 3.8) is 0 Å². The molecule has 3 nitrogen and oxygen atoms in total. The van der Waals surface area contributed by atoms with Gasteiger partial charge in [-0.3, -0.25) is 4.90 Å². The maximum atomic E-state index is 6.07. The van der Waals surface area contributed by atoms with Crippen molar-refractivity contribution in [2.75, 3.05) is 40.3 Å². The van der Waals surface area contributed by atoms with Crippen LogP contribution in [-0.4, -0.2) is 56.1 Å². The van der Waals surface area contributed by atoms with Crippen LogP contribution >= 0.6 is 0 Å². The molecule has 1 saturated carbocycles. The van der Waals surface area contributed by atoms with E-state index in [0.717, 1.165) is 24.9 Å². The molecule has 0 bridgehead atoms. The van der Waals surface area contributed by atoms with Crippen LogP contribution in [-0.2, 0) is 0 Å². The fraction of sp³-hybridized carbons (Fsp3) is 1.00. The molecule has 1 aliphatic rings. The second-order valence-electron chi connectivity index (χ2n) is 7.34. The molecule has 1 aliphatic carbocycles. The lowest BCUT2D eigenvalue weighted by Crippen LogP contribution is -2.50. The highest BCUT2D eigenvalue weighted by Crippen LogP contribution is 2.33. The van der Waals surface area contributed by atoms with Gasteiger partial charge in [0.25, 0.3) is 0 Å². The highest BCUT2D eigenvalue weighted by molar-refractivity contribution is 4.87. The van der Waals surface area contributed by atoms with E-state index in [-0.39, 0.29) is 0 Å². The van der Waals surface area contributed by atoms with Gasteiger partial charge in [-0.05, 0) is 51.2 Å². The second-order valence-corrected chi connectivity index (χ2v) is 7.34. The molecule has 120 valence electrons. The monoisotopic (exact) mass is 283 g/mol. The summed E-state index contributed by atoms with van der Waals surface area (Å²) < 4.78 is 0. The first-order valence-electron chi connectivity index (χ1n) is 8.56. The predicted octanol–water partition coefficient (Wildman–Crippen LogP) is 2.66. The van der Waals surface area contributed by atoms with E-state index in [1.165, 1.54) is 38.8 Å². The summed E-state index contributed by atoms with van der Waals surface area (Å²) in [4.78, 5) is 5.04. The van der Waals surface area contributed by atoms with E-state index in [1.54, 1.807) is 0 Å². The molecule has 1 rings (SSSR count). The summed E-state index contributed by atoms with van der Waals surface area (Å²) in [6.07, 6.45) is 5.41. The Kier molecular flexibility index (Phi) is 8.08. The van der Waals surface area contributed by atoms with E-state index in [2.05, 4.69) is 44.7 Å². The first-order valence-corrected chi connectivity index (χ1v) is 8.56. The molecule has 0 spiro atoms. The van der Waals surface area contributed by atoms with Gasteiger partial charge in [0, 0.05) is 25.7 Å². The minimum atomic E-state index is 0.707. The van der Waals surface area contributed by atoms with Gasteiger partial charge < -0.3 is 10.6 Å². The Morgan fingerprint density at radius 2 is 1.85 bits per heavy atom. The maximum Gasteiger partial charge on any atom is 0.0139 e. The van der Waals surface area contributed by atoms with Crippen LogP contribution < -0.4 is 5.73 Å². The van der Waals surface area contributed by atoms with Crippen LogP contribution in [0.1, 0.15) is 46.5 Å². The zero-order chi connectivity index (χ0) is 15.1. The van der Waals surface area contributed by atoms with Gasteiger partial charge in [0.2, 0.25) is 0 Å². The van der Waals surface area contributed by atoms with Gasteiger partial charge in [-0.25, -0.2) is 0 Å². The first kappa shape index (κ1) is 17.9. The molecule has 0 aliphatic heterocycles. The van der Waals surface area contributed by atoms with Crippen LogP contribution in [0.2, 0.25) is 0 Å². The lowest BCUT2D eigenvalue weighted by molar-refractivity contribution is 0.0657. The van der Waals surface area contributed by atoms with Crippen molar-refractivity contribution in [3.05, 3.63) is 0 Å². The highest BCUT2D eigenvalue weighted by Gasteiger charge is 2.33. The molecular weight excluding hydrogens is 246 g/mol.